The van der Waals surface area contributed by atoms with E-state index in [0.717, 1.165) is 18.1 Å². The zero-order chi connectivity index (χ0) is 20.1. The second kappa shape index (κ2) is 10.7. The molecule has 2 heterocycles. The molecule has 1 saturated heterocycles. The van der Waals surface area contributed by atoms with E-state index in [0.29, 0.717) is 10.6 Å². The van der Waals surface area contributed by atoms with E-state index in [2.05, 4.69) is 36.5 Å². The summed E-state index contributed by atoms with van der Waals surface area (Å²) in [4.78, 5) is 26.0. The lowest BCUT2D eigenvalue weighted by molar-refractivity contribution is -0.115. The van der Waals surface area contributed by atoms with Gasteiger partial charge < -0.3 is 27.0 Å². The summed E-state index contributed by atoms with van der Waals surface area (Å²) < 4.78 is 4.88. The molecule has 1 aliphatic heterocycles. The van der Waals surface area contributed by atoms with Crippen LogP contribution in [-0.4, -0.2) is 37.0 Å². The number of aryl methyl sites for hydroxylation is 1. The number of carbonyl (C=O) groups excluding carboxylic acids is 2. The Morgan fingerprint density at radius 1 is 1.21 bits per heavy atom. The fourth-order valence-corrected chi connectivity index (χ4v) is 10.6. The van der Waals surface area contributed by atoms with Crippen LogP contribution in [0.25, 0.3) is 0 Å². The van der Waals surface area contributed by atoms with Crippen molar-refractivity contribution in [3.05, 3.63) is 51.7 Å². The van der Waals surface area contributed by atoms with Crippen molar-refractivity contribution < 1.29 is 31.3 Å². The molecule has 7 heteroatoms. The minimum atomic E-state index is -1.44. The van der Waals surface area contributed by atoms with Gasteiger partial charge in [-0.1, -0.05) is 37.3 Å². The van der Waals surface area contributed by atoms with Crippen molar-refractivity contribution in [2.45, 2.75) is 44.9 Å². The molecule has 1 aromatic carbocycles. The largest absolute Gasteiger partial charge is 1.00 e. The molecule has 1 amide bonds. The van der Waals surface area contributed by atoms with Crippen LogP contribution < -0.4 is 22.3 Å². The number of anilines is 1. The minimum absolute atomic E-state index is 0. The summed E-state index contributed by atoms with van der Waals surface area (Å²) in [7, 11) is -0.0673. The van der Waals surface area contributed by atoms with Crippen LogP contribution in [0.5, 0.6) is 0 Å². The molecule has 158 valence electrons. The average molecular weight is 498 g/mol. The van der Waals surface area contributed by atoms with E-state index >= 15 is 0 Å². The van der Waals surface area contributed by atoms with Gasteiger partial charge in [-0.25, -0.2) is 4.79 Å². The first-order chi connectivity index (χ1) is 13.5. The van der Waals surface area contributed by atoms with Gasteiger partial charge >= 0.3 is 5.97 Å². The minimum Gasteiger partial charge on any atom is -1.00 e. The third-order valence-electron chi connectivity index (χ3n) is 5.74. The second-order valence-electron chi connectivity index (χ2n) is 7.54. The third kappa shape index (κ3) is 5.28. The normalized spacial score (nSPS) is 16.0. The Kier molecular flexibility index (Phi) is 8.87. The van der Waals surface area contributed by atoms with E-state index in [1.54, 1.807) is 0 Å². The fourth-order valence-electron chi connectivity index (χ4n) is 4.36. The maximum absolute atomic E-state index is 13.4. The lowest BCUT2D eigenvalue weighted by Gasteiger charge is -2.30. The first-order valence-electron chi connectivity index (χ1n) is 9.87. The lowest BCUT2D eigenvalue weighted by Crippen LogP contribution is -3.00. The number of ether oxygens (including phenoxy) is 1. The highest BCUT2D eigenvalue weighted by atomic mass is 79.9. The molecule has 0 saturated carbocycles. The van der Waals surface area contributed by atoms with Gasteiger partial charge in [-0.2, -0.15) is 0 Å². The molecule has 1 N–H and O–H groups in total. The topological polar surface area (TPSA) is 55.4 Å². The van der Waals surface area contributed by atoms with Crippen molar-refractivity contribution in [1.82, 2.24) is 0 Å². The van der Waals surface area contributed by atoms with E-state index in [1.807, 2.05) is 18.4 Å². The van der Waals surface area contributed by atoms with Crippen LogP contribution in [-0.2, 0) is 15.7 Å². The van der Waals surface area contributed by atoms with Crippen LogP contribution in [0.2, 0.25) is 0 Å². The first kappa shape index (κ1) is 24.0. The SMILES string of the molecule is CCC(C(=O)Nc1c(C)csc1C(=O)OC)[P+]1(Cc2ccccc2)CCCC1.[Br-]. The molecule has 1 aliphatic rings. The van der Waals surface area contributed by atoms with Crippen LogP contribution >= 0.6 is 18.6 Å². The van der Waals surface area contributed by atoms with Crippen LogP contribution in [0.1, 0.15) is 47.0 Å². The van der Waals surface area contributed by atoms with Gasteiger partial charge in [-0.05, 0) is 42.7 Å². The monoisotopic (exact) mass is 497 g/mol. The van der Waals surface area contributed by atoms with Gasteiger partial charge in [0.1, 0.15) is 10.5 Å². The van der Waals surface area contributed by atoms with Gasteiger partial charge in [0.15, 0.2) is 0 Å². The Bertz CT molecular complexity index is 834. The van der Waals surface area contributed by atoms with E-state index in [9.17, 15) is 9.59 Å². The molecule has 1 atom stereocenters. The van der Waals surface area contributed by atoms with Crippen molar-refractivity contribution in [3.8, 4) is 0 Å². The van der Waals surface area contributed by atoms with Gasteiger partial charge in [0.25, 0.3) is 5.91 Å². The predicted molar refractivity (Wildman–Crippen MR) is 119 cm³/mol. The van der Waals surface area contributed by atoms with Gasteiger partial charge in [-0.3, -0.25) is 4.79 Å². The summed E-state index contributed by atoms with van der Waals surface area (Å²) in [6.45, 7) is 4.04. The van der Waals surface area contributed by atoms with E-state index in [-0.39, 0.29) is 28.5 Å². The van der Waals surface area contributed by atoms with Crippen molar-refractivity contribution >= 4 is 36.2 Å². The smallest absolute Gasteiger partial charge is 0.350 e. The van der Waals surface area contributed by atoms with E-state index in [1.165, 1.54) is 49.2 Å². The van der Waals surface area contributed by atoms with Crippen molar-refractivity contribution in [3.63, 3.8) is 0 Å². The summed E-state index contributed by atoms with van der Waals surface area (Å²) in [6.07, 6.45) is 6.67. The molecule has 0 aliphatic carbocycles. The van der Waals surface area contributed by atoms with E-state index < -0.39 is 13.2 Å². The van der Waals surface area contributed by atoms with Crippen LogP contribution in [0.4, 0.5) is 5.69 Å². The van der Waals surface area contributed by atoms with Crippen molar-refractivity contribution in [1.29, 1.82) is 0 Å². The first-order valence-corrected chi connectivity index (χ1v) is 13.2. The summed E-state index contributed by atoms with van der Waals surface area (Å²) in [6, 6.07) is 10.6. The highest BCUT2D eigenvalue weighted by Crippen LogP contribution is 2.70. The summed E-state index contributed by atoms with van der Waals surface area (Å²) >= 11 is 1.32. The van der Waals surface area contributed by atoms with Crippen LogP contribution in [0, 0.1) is 6.92 Å². The predicted octanol–water partition coefficient (Wildman–Crippen LogP) is 2.58. The van der Waals surface area contributed by atoms with Crippen molar-refractivity contribution in [2.24, 2.45) is 0 Å². The van der Waals surface area contributed by atoms with E-state index in [4.69, 9.17) is 4.74 Å². The highest BCUT2D eigenvalue weighted by molar-refractivity contribution is 7.77. The average Bonchev–Trinajstić information content (AvgIpc) is 3.30. The third-order valence-corrected chi connectivity index (χ3v) is 12.2. The molecule has 1 unspecified atom stereocenters. The van der Waals surface area contributed by atoms with Gasteiger partial charge in [0.2, 0.25) is 0 Å². The fraction of sp³-hybridized carbons (Fsp3) is 0.455. The number of amides is 1. The number of nitrogens with one attached hydrogen (secondary N) is 1. The highest BCUT2D eigenvalue weighted by Gasteiger charge is 2.50. The van der Waals surface area contributed by atoms with Crippen LogP contribution in [0.15, 0.2) is 35.7 Å². The number of thiophene rings is 1. The second-order valence-corrected chi connectivity index (χ2v) is 12.7. The zero-order valence-corrected chi connectivity index (χ0v) is 20.5. The number of halogens is 1. The molecule has 3 rings (SSSR count). The molecule has 29 heavy (non-hydrogen) atoms. The van der Waals surface area contributed by atoms with Gasteiger partial charge in [0, 0.05) is 7.26 Å². The number of carbonyl (C=O) groups is 2. The Morgan fingerprint density at radius 3 is 2.45 bits per heavy atom. The summed E-state index contributed by atoms with van der Waals surface area (Å²) in [5.41, 5.74) is 2.90. The maximum Gasteiger partial charge on any atom is 0.350 e. The molecule has 1 fully saturated rings. The molecular weight excluding hydrogens is 469 g/mol. The molecule has 0 spiro atoms. The number of hydrogen-bond acceptors (Lipinski definition) is 4. The summed E-state index contributed by atoms with van der Waals surface area (Å²) in [5.74, 6) is -0.323. The summed E-state index contributed by atoms with van der Waals surface area (Å²) in [5, 5.41) is 5.01. The number of benzene rings is 1. The number of esters is 1. The standard InChI is InChI=1S/C22H28NO3PS.BrH/c1-4-18(21(24)23-19-16(2)15-28-20(19)22(25)26-3)27(12-8-9-13-27)14-17-10-6-5-7-11-17;/h5-7,10-11,15,18H,4,8-9,12-14H2,1-3H3;1H. The molecule has 0 bridgehead atoms. The molecule has 1 aromatic heterocycles. The van der Waals surface area contributed by atoms with Gasteiger partial charge in [0.05, 0.1) is 31.3 Å². The Labute approximate surface area is 188 Å². The van der Waals surface area contributed by atoms with Crippen molar-refractivity contribution in [2.75, 3.05) is 24.8 Å². The molecular formula is C22H29BrNO3PS. The van der Waals surface area contributed by atoms with Gasteiger partial charge in [-0.15, -0.1) is 11.3 Å². The number of methoxy groups -OCH3 is 1. The Hall–Kier alpha value is -1.23. The van der Waals surface area contributed by atoms with Crippen LogP contribution in [0.3, 0.4) is 0 Å². The molecule has 4 nitrogen and oxygen atoms in total. The lowest BCUT2D eigenvalue weighted by atomic mass is 10.2. The maximum atomic E-state index is 13.4. The molecule has 0 radical (unpaired) electrons. The Morgan fingerprint density at radius 2 is 1.86 bits per heavy atom. The Balaban J connectivity index is 0.00000300. The quantitative estimate of drug-likeness (QED) is 0.472. The number of rotatable bonds is 7. The molecule has 2 aromatic rings. The zero-order valence-electron chi connectivity index (χ0n) is 17.2. The number of hydrogen-bond donors (Lipinski definition) is 1.